The summed E-state index contributed by atoms with van der Waals surface area (Å²) in [6, 6.07) is -0.439. The van der Waals surface area contributed by atoms with Crippen LogP contribution in [-0.2, 0) is 4.79 Å². The molecule has 0 spiro atoms. The summed E-state index contributed by atoms with van der Waals surface area (Å²) in [4.78, 5) is 10.8. The molecule has 0 radical (unpaired) electrons. The summed E-state index contributed by atoms with van der Waals surface area (Å²) in [7, 11) is 0. The Labute approximate surface area is 71.1 Å². The van der Waals surface area contributed by atoms with Gasteiger partial charge in [0.2, 0.25) is 0 Å². The molecule has 1 heterocycles. The lowest BCUT2D eigenvalue weighted by Crippen LogP contribution is -2.55. The van der Waals surface area contributed by atoms with Crippen LogP contribution in [-0.4, -0.2) is 23.3 Å². The molecule has 0 amide bonds. The third kappa shape index (κ3) is 0.949. The monoisotopic (exact) mass is 170 g/mol. The summed E-state index contributed by atoms with van der Waals surface area (Å²) >= 11 is 0. The molecule has 1 aliphatic heterocycles. The molecule has 0 aromatic rings. The van der Waals surface area contributed by atoms with Crippen molar-refractivity contribution in [3.05, 3.63) is 0 Å². The molecule has 1 saturated heterocycles. The van der Waals surface area contributed by atoms with Crippen molar-refractivity contribution in [3.63, 3.8) is 0 Å². The largest absolute Gasteiger partial charge is 0.480 e. The Kier molecular flexibility index (Phi) is 1.47. The molecule has 68 valence electrons. The summed E-state index contributed by atoms with van der Waals surface area (Å²) in [6.45, 7) is 2.02. The van der Waals surface area contributed by atoms with Crippen LogP contribution in [0.2, 0.25) is 0 Å². The predicted octanol–water partition coefficient (Wildman–Crippen LogP) is -0.256. The molecule has 4 nitrogen and oxygen atoms in total. The van der Waals surface area contributed by atoms with Crippen LogP contribution >= 0.6 is 0 Å². The van der Waals surface area contributed by atoms with Gasteiger partial charge in [0.15, 0.2) is 0 Å². The third-order valence-corrected chi connectivity index (χ3v) is 3.28. The van der Waals surface area contributed by atoms with Crippen molar-refractivity contribution in [1.29, 1.82) is 0 Å². The number of piperidine rings is 1. The number of aliphatic carboxylic acids is 1. The van der Waals surface area contributed by atoms with Crippen LogP contribution in [0, 0.1) is 11.3 Å². The second-order valence-electron chi connectivity index (χ2n) is 4.19. The third-order valence-electron chi connectivity index (χ3n) is 3.28. The van der Waals surface area contributed by atoms with Gasteiger partial charge in [-0.1, -0.05) is 6.92 Å². The molecule has 1 aliphatic carbocycles. The fourth-order valence-electron chi connectivity index (χ4n) is 2.31. The van der Waals surface area contributed by atoms with Gasteiger partial charge >= 0.3 is 5.97 Å². The van der Waals surface area contributed by atoms with Crippen molar-refractivity contribution in [2.45, 2.75) is 32.0 Å². The summed E-state index contributed by atoms with van der Waals surface area (Å²) in [5.41, 5.74) is 5.64. The second-order valence-corrected chi connectivity index (χ2v) is 4.19. The number of carboxylic acid groups (broad SMARTS) is 1. The Morgan fingerprint density at radius 2 is 2.42 bits per heavy atom. The van der Waals surface area contributed by atoms with Crippen molar-refractivity contribution in [1.82, 2.24) is 5.32 Å². The van der Waals surface area contributed by atoms with Crippen LogP contribution in [0.5, 0.6) is 0 Å². The first kappa shape index (κ1) is 8.01. The van der Waals surface area contributed by atoms with Crippen LogP contribution in [0.25, 0.3) is 0 Å². The zero-order valence-corrected chi connectivity index (χ0v) is 7.08. The fraction of sp³-hybridized carbons (Fsp3) is 0.875. The van der Waals surface area contributed by atoms with Gasteiger partial charge in [-0.2, -0.15) is 0 Å². The molecule has 0 aromatic carbocycles. The van der Waals surface area contributed by atoms with Crippen LogP contribution < -0.4 is 11.1 Å². The minimum Gasteiger partial charge on any atom is -0.480 e. The molecular formula is C8H14N2O2. The van der Waals surface area contributed by atoms with Crippen LogP contribution in [0.4, 0.5) is 0 Å². The van der Waals surface area contributed by atoms with E-state index in [1.54, 1.807) is 0 Å². The standard InChI is InChI=1S/C8H14N2O2/c1-8-3-4(8)2-5(9)10-6(8)7(11)12/h4-6,10H,2-3,9H2,1H3,(H,11,12)/t4-,5?,6?,8?/m0/s1. The van der Waals surface area contributed by atoms with Gasteiger partial charge in [-0.25, -0.2) is 0 Å². The van der Waals surface area contributed by atoms with E-state index in [2.05, 4.69) is 5.32 Å². The summed E-state index contributed by atoms with van der Waals surface area (Å²) in [5, 5.41) is 11.8. The highest BCUT2D eigenvalue weighted by Crippen LogP contribution is 2.58. The van der Waals surface area contributed by atoms with Crippen LogP contribution in [0.1, 0.15) is 19.8 Å². The molecule has 0 aromatic heterocycles. The topological polar surface area (TPSA) is 75.3 Å². The quantitative estimate of drug-likeness (QED) is 0.507. The van der Waals surface area contributed by atoms with E-state index in [-0.39, 0.29) is 11.6 Å². The smallest absolute Gasteiger partial charge is 0.321 e. The fourth-order valence-corrected chi connectivity index (χ4v) is 2.31. The number of fused-ring (bicyclic) bond motifs is 1. The first-order valence-electron chi connectivity index (χ1n) is 4.28. The van der Waals surface area contributed by atoms with Gasteiger partial charge in [-0.15, -0.1) is 0 Å². The lowest BCUT2D eigenvalue weighted by molar-refractivity contribution is -0.142. The molecule has 1 saturated carbocycles. The summed E-state index contributed by atoms with van der Waals surface area (Å²) in [6.07, 6.45) is 1.79. The average Bonchev–Trinajstić information content (AvgIpc) is 2.58. The van der Waals surface area contributed by atoms with Gasteiger partial charge in [0, 0.05) is 0 Å². The number of nitrogens with two attached hydrogens (primary N) is 1. The van der Waals surface area contributed by atoms with Gasteiger partial charge in [-0.3, -0.25) is 10.1 Å². The number of carbonyl (C=O) groups is 1. The number of carboxylic acids is 1. The lowest BCUT2D eigenvalue weighted by atomic mass is 9.90. The SMILES string of the molecule is CC12C[C@@H]1CC(N)NC2C(=O)O. The van der Waals surface area contributed by atoms with E-state index in [9.17, 15) is 4.79 Å². The highest BCUT2D eigenvalue weighted by atomic mass is 16.4. The molecule has 2 fully saturated rings. The van der Waals surface area contributed by atoms with E-state index in [4.69, 9.17) is 10.8 Å². The maximum atomic E-state index is 10.8. The van der Waals surface area contributed by atoms with Gasteiger partial charge in [0.05, 0.1) is 6.17 Å². The first-order valence-corrected chi connectivity index (χ1v) is 4.28. The number of nitrogens with one attached hydrogen (secondary N) is 1. The number of hydrogen-bond acceptors (Lipinski definition) is 3. The molecule has 4 N–H and O–H groups in total. The summed E-state index contributed by atoms with van der Waals surface area (Å²) in [5.74, 6) is -0.245. The Bertz CT molecular complexity index is 231. The molecular weight excluding hydrogens is 156 g/mol. The van der Waals surface area contributed by atoms with Crippen molar-refractivity contribution in [2.75, 3.05) is 0 Å². The molecule has 3 unspecified atom stereocenters. The lowest BCUT2D eigenvalue weighted by Gasteiger charge is -2.30. The number of rotatable bonds is 1. The molecule has 2 rings (SSSR count). The Hall–Kier alpha value is -0.610. The average molecular weight is 170 g/mol. The number of hydrogen-bond donors (Lipinski definition) is 3. The highest BCUT2D eigenvalue weighted by molar-refractivity contribution is 5.75. The van der Waals surface area contributed by atoms with E-state index >= 15 is 0 Å². The zero-order valence-electron chi connectivity index (χ0n) is 7.08. The zero-order chi connectivity index (χ0) is 8.93. The van der Waals surface area contributed by atoms with E-state index in [1.165, 1.54) is 0 Å². The Balaban J connectivity index is 2.16. The van der Waals surface area contributed by atoms with Crippen LogP contribution in [0.15, 0.2) is 0 Å². The Morgan fingerprint density at radius 3 is 3.00 bits per heavy atom. The predicted molar refractivity (Wildman–Crippen MR) is 43.4 cm³/mol. The maximum Gasteiger partial charge on any atom is 0.321 e. The van der Waals surface area contributed by atoms with E-state index in [0.717, 1.165) is 12.8 Å². The highest BCUT2D eigenvalue weighted by Gasteiger charge is 2.60. The second kappa shape index (κ2) is 2.20. The van der Waals surface area contributed by atoms with Crippen molar-refractivity contribution in [2.24, 2.45) is 17.1 Å². The molecule has 0 bridgehead atoms. The van der Waals surface area contributed by atoms with Gasteiger partial charge in [-0.05, 0) is 24.2 Å². The summed E-state index contributed by atoms with van der Waals surface area (Å²) < 4.78 is 0. The minimum atomic E-state index is -0.768. The molecule has 12 heavy (non-hydrogen) atoms. The van der Waals surface area contributed by atoms with Crippen molar-refractivity contribution >= 4 is 5.97 Å². The van der Waals surface area contributed by atoms with Crippen molar-refractivity contribution in [3.8, 4) is 0 Å². The molecule has 4 heteroatoms. The van der Waals surface area contributed by atoms with Crippen molar-refractivity contribution < 1.29 is 9.90 Å². The van der Waals surface area contributed by atoms with E-state index < -0.39 is 12.0 Å². The molecule has 4 atom stereocenters. The molecule has 2 aliphatic rings. The maximum absolute atomic E-state index is 10.8. The van der Waals surface area contributed by atoms with Gasteiger partial charge in [0.1, 0.15) is 6.04 Å². The van der Waals surface area contributed by atoms with E-state index in [1.807, 2.05) is 6.92 Å². The first-order chi connectivity index (χ1) is 5.54. The van der Waals surface area contributed by atoms with E-state index in [0.29, 0.717) is 5.92 Å². The van der Waals surface area contributed by atoms with Gasteiger partial charge < -0.3 is 10.8 Å². The van der Waals surface area contributed by atoms with Crippen LogP contribution in [0.3, 0.4) is 0 Å². The minimum absolute atomic E-state index is 0.0261. The van der Waals surface area contributed by atoms with Gasteiger partial charge in [0.25, 0.3) is 0 Å². The normalized spacial score (nSPS) is 51.3. The Morgan fingerprint density at radius 1 is 1.75 bits per heavy atom.